The van der Waals surface area contributed by atoms with Gasteiger partial charge in [0.25, 0.3) is 5.91 Å². The van der Waals surface area contributed by atoms with Crippen LogP contribution in [0.15, 0.2) is 66.7 Å². The van der Waals surface area contributed by atoms with Crippen LogP contribution in [0.2, 0.25) is 10.0 Å². The molecule has 0 bridgehead atoms. The van der Waals surface area contributed by atoms with Gasteiger partial charge in [0.1, 0.15) is 5.92 Å². The van der Waals surface area contributed by atoms with Crippen molar-refractivity contribution in [1.29, 1.82) is 0 Å². The molecule has 0 spiro atoms. The van der Waals surface area contributed by atoms with Gasteiger partial charge < -0.3 is 10.4 Å². The van der Waals surface area contributed by atoms with Crippen LogP contribution < -0.4 is 5.32 Å². The summed E-state index contributed by atoms with van der Waals surface area (Å²) in [6, 6.07) is 19.2. The van der Waals surface area contributed by atoms with Crippen molar-refractivity contribution < 1.29 is 14.7 Å². The van der Waals surface area contributed by atoms with Gasteiger partial charge in [-0.25, -0.2) is 9.97 Å². The smallest absolute Gasteiger partial charge is 0.312 e. The molecule has 3 aromatic carbocycles. The predicted octanol–water partition coefficient (Wildman–Crippen LogP) is 7.31. The number of amides is 1. The molecule has 1 heterocycles. The second kappa shape index (κ2) is 11.3. The van der Waals surface area contributed by atoms with Crippen LogP contribution >= 0.6 is 23.2 Å². The molecule has 2 unspecified atom stereocenters. The Morgan fingerprint density at radius 3 is 2.11 bits per heavy atom. The Morgan fingerprint density at radius 2 is 1.51 bits per heavy atom. The van der Waals surface area contributed by atoms with Crippen LogP contribution in [0.25, 0.3) is 22.3 Å². The maximum Gasteiger partial charge on any atom is 0.312 e. The number of aromatic nitrogens is 2. The Hall–Kier alpha value is -3.48. The van der Waals surface area contributed by atoms with E-state index >= 15 is 0 Å². The first-order valence-corrected chi connectivity index (χ1v) is 12.8. The molecule has 0 saturated heterocycles. The Balaban J connectivity index is 1.76. The highest BCUT2D eigenvalue weighted by molar-refractivity contribution is 6.30. The number of carbonyl (C=O) groups excluding carboxylic acids is 1. The molecule has 1 aromatic heterocycles. The third-order valence-electron chi connectivity index (χ3n) is 6.56. The van der Waals surface area contributed by atoms with E-state index in [1.807, 2.05) is 32.9 Å². The molecule has 1 amide bonds. The van der Waals surface area contributed by atoms with Gasteiger partial charge in [0.2, 0.25) is 0 Å². The number of aliphatic carboxylic acids is 1. The van der Waals surface area contributed by atoms with Crippen molar-refractivity contribution in [2.45, 2.75) is 39.2 Å². The number of nitrogens with one attached hydrogen (secondary N) is 1. The van der Waals surface area contributed by atoms with E-state index in [1.54, 1.807) is 54.6 Å². The Morgan fingerprint density at radius 1 is 0.892 bits per heavy atom. The molecule has 2 N–H and O–H groups in total. The van der Waals surface area contributed by atoms with Gasteiger partial charge in [-0.2, -0.15) is 0 Å². The lowest BCUT2D eigenvalue weighted by Gasteiger charge is -2.21. The largest absolute Gasteiger partial charge is 0.481 e. The lowest BCUT2D eigenvalue weighted by atomic mass is 9.86. The van der Waals surface area contributed by atoms with Gasteiger partial charge in [-0.3, -0.25) is 9.59 Å². The molecule has 37 heavy (non-hydrogen) atoms. The summed E-state index contributed by atoms with van der Waals surface area (Å²) in [5.41, 5.74) is 3.92. The molecule has 3 atom stereocenters. The highest BCUT2D eigenvalue weighted by Gasteiger charge is 2.31. The van der Waals surface area contributed by atoms with Gasteiger partial charge in [-0.15, -0.1) is 0 Å². The predicted molar refractivity (Wildman–Crippen MR) is 147 cm³/mol. The second-order valence-corrected chi connectivity index (χ2v) is 9.99. The first-order valence-electron chi connectivity index (χ1n) is 12.0. The highest BCUT2D eigenvalue weighted by atomic mass is 35.5. The molecular formula is C29H27Cl2N3O3. The van der Waals surface area contributed by atoms with E-state index < -0.39 is 11.9 Å². The van der Waals surface area contributed by atoms with Crippen LogP contribution in [-0.4, -0.2) is 27.0 Å². The summed E-state index contributed by atoms with van der Waals surface area (Å²) in [7, 11) is 0. The third kappa shape index (κ3) is 5.92. The first kappa shape index (κ1) is 26.6. The molecular weight excluding hydrogens is 509 g/mol. The molecule has 0 saturated carbocycles. The molecule has 0 aliphatic carbocycles. The SMILES string of the molecule is CCC(C)C(C(=O)O)c1nc2cc(C(=O)N[C@@H](C)c3ccc(Cl)cc3)ccc2nc1-c1ccc(Cl)cc1. The van der Waals surface area contributed by atoms with Gasteiger partial charge in [0, 0.05) is 21.2 Å². The minimum atomic E-state index is -0.969. The van der Waals surface area contributed by atoms with Crippen LogP contribution in [0.3, 0.4) is 0 Å². The van der Waals surface area contributed by atoms with Gasteiger partial charge in [-0.1, -0.05) is 67.7 Å². The molecule has 4 aromatic rings. The van der Waals surface area contributed by atoms with Crippen LogP contribution in [0.5, 0.6) is 0 Å². The number of hydrogen-bond acceptors (Lipinski definition) is 4. The van der Waals surface area contributed by atoms with Crippen molar-refractivity contribution in [1.82, 2.24) is 15.3 Å². The van der Waals surface area contributed by atoms with E-state index in [0.29, 0.717) is 44.5 Å². The summed E-state index contributed by atoms with van der Waals surface area (Å²) in [5.74, 6) is -2.29. The molecule has 0 aliphatic rings. The quantitative estimate of drug-likeness (QED) is 0.246. The zero-order chi connectivity index (χ0) is 26.7. The average molecular weight is 536 g/mol. The second-order valence-electron chi connectivity index (χ2n) is 9.12. The molecule has 8 heteroatoms. The van der Waals surface area contributed by atoms with Crippen LogP contribution in [-0.2, 0) is 4.79 Å². The third-order valence-corrected chi connectivity index (χ3v) is 7.07. The van der Waals surface area contributed by atoms with E-state index in [1.165, 1.54) is 0 Å². The van der Waals surface area contributed by atoms with Gasteiger partial charge in [-0.05, 0) is 60.9 Å². The number of carbonyl (C=O) groups is 2. The zero-order valence-electron chi connectivity index (χ0n) is 20.7. The fourth-order valence-electron chi connectivity index (χ4n) is 4.23. The monoisotopic (exact) mass is 535 g/mol. The lowest BCUT2D eigenvalue weighted by molar-refractivity contribution is -0.140. The number of nitrogens with zero attached hydrogens (tertiary/aromatic N) is 2. The van der Waals surface area contributed by atoms with Crippen LogP contribution in [0.1, 0.15) is 60.8 Å². The maximum absolute atomic E-state index is 13.0. The van der Waals surface area contributed by atoms with Crippen molar-refractivity contribution in [2.75, 3.05) is 0 Å². The summed E-state index contributed by atoms with van der Waals surface area (Å²) in [5, 5.41) is 14.3. The Kier molecular flexibility index (Phi) is 8.10. The molecule has 190 valence electrons. The number of rotatable bonds is 8. The number of halogens is 2. The number of carboxylic acids is 1. The average Bonchev–Trinajstić information content (AvgIpc) is 2.88. The summed E-state index contributed by atoms with van der Waals surface area (Å²) in [6.07, 6.45) is 0.655. The molecule has 0 radical (unpaired) electrons. The van der Waals surface area contributed by atoms with Crippen LogP contribution in [0, 0.1) is 5.92 Å². The van der Waals surface area contributed by atoms with Crippen molar-refractivity contribution in [2.24, 2.45) is 5.92 Å². The lowest BCUT2D eigenvalue weighted by Crippen LogP contribution is -2.26. The van der Waals surface area contributed by atoms with Crippen molar-refractivity contribution >= 4 is 46.1 Å². The minimum Gasteiger partial charge on any atom is -0.481 e. The summed E-state index contributed by atoms with van der Waals surface area (Å²) >= 11 is 12.0. The first-order chi connectivity index (χ1) is 17.7. The zero-order valence-corrected chi connectivity index (χ0v) is 22.2. The molecule has 0 fully saturated rings. The van der Waals surface area contributed by atoms with Gasteiger partial charge >= 0.3 is 5.97 Å². The summed E-state index contributed by atoms with van der Waals surface area (Å²) < 4.78 is 0. The van der Waals surface area contributed by atoms with Crippen molar-refractivity contribution in [3.63, 3.8) is 0 Å². The van der Waals surface area contributed by atoms with Crippen molar-refractivity contribution in [3.8, 4) is 11.3 Å². The molecule has 0 aliphatic heterocycles. The summed E-state index contributed by atoms with van der Waals surface area (Å²) in [4.78, 5) is 35.0. The van der Waals surface area contributed by atoms with Gasteiger partial charge in [0.05, 0.1) is 28.5 Å². The van der Waals surface area contributed by atoms with E-state index in [4.69, 9.17) is 33.2 Å². The molecule has 4 rings (SSSR count). The highest BCUT2D eigenvalue weighted by Crippen LogP contribution is 2.34. The number of fused-ring (bicyclic) bond motifs is 1. The topological polar surface area (TPSA) is 92.2 Å². The maximum atomic E-state index is 13.0. The van der Waals surface area contributed by atoms with E-state index in [9.17, 15) is 14.7 Å². The number of carboxylic acid groups (broad SMARTS) is 1. The van der Waals surface area contributed by atoms with E-state index in [0.717, 1.165) is 11.1 Å². The fourth-order valence-corrected chi connectivity index (χ4v) is 4.48. The normalized spacial score (nSPS) is 13.6. The van der Waals surface area contributed by atoms with E-state index in [-0.39, 0.29) is 17.9 Å². The standard InChI is InChI=1S/C29H27Cl2N3O3/c1-4-16(2)25(29(36)37)27-26(19-7-12-22(31)13-8-19)33-23-14-9-20(15-24(23)34-27)28(35)32-17(3)18-5-10-21(30)11-6-18/h5-17,25H,4H2,1-3H3,(H,32,35)(H,36,37)/t16?,17-,25?/m0/s1. The molecule has 6 nitrogen and oxygen atoms in total. The van der Waals surface area contributed by atoms with Crippen molar-refractivity contribution in [3.05, 3.63) is 93.6 Å². The van der Waals surface area contributed by atoms with Crippen LogP contribution in [0.4, 0.5) is 0 Å². The number of hydrogen-bond donors (Lipinski definition) is 2. The fraction of sp³-hybridized carbons (Fsp3) is 0.241. The number of benzene rings is 3. The van der Waals surface area contributed by atoms with Gasteiger partial charge in [0.15, 0.2) is 0 Å². The Bertz CT molecular complexity index is 1440. The van der Waals surface area contributed by atoms with E-state index in [2.05, 4.69) is 5.32 Å². The Labute approximate surface area is 225 Å². The minimum absolute atomic E-state index is 0.179. The summed E-state index contributed by atoms with van der Waals surface area (Å²) in [6.45, 7) is 5.72.